The van der Waals surface area contributed by atoms with Crippen LogP contribution in [-0.2, 0) is 14.4 Å². The van der Waals surface area contributed by atoms with Crippen molar-refractivity contribution in [2.75, 3.05) is 40.3 Å². The first kappa shape index (κ1) is 21.3. The van der Waals surface area contributed by atoms with Crippen LogP contribution in [0.2, 0.25) is 0 Å². The minimum atomic E-state index is -0.707. The molecule has 8 nitrogen and oxygen atoms in total. The molecule has 0 unspecified atom stereocenters. The lowest BCUT2D eigenvalue weighted by Crippen LogP contribution is -2.52. The number of nitrogens with zero attached hydrogens (tertiary/aromatic N) is 2. The molecule has 0 aromatic rings. The van der Waals surface area contributed by atoms with E-state index in [-0.39, 0.29) is 30.7 Å². The van der Waals surface area contributed by atoms with Crippen LogP contribution in [0.5, 0.6) is 0 Å². The first-order valence-corrected chi connectivity index (χ1v) is 7.65. The molecular formula is C15H29N3O5. The Hall–Kier alpha value is -1.67. The van der Waals surface area contributed by atoms with Gasteiger partial charge in [0.15, 0.2) is 0 Å². The SMILES string of the molecule is CC(C)C(=O)NCC(=O)N1CCC(O)(CN(C)C)CC1.O=CO. The lowest BCUT2D eigenvalue weighted by molar-refractivity contribution is -0.137. The molecule has 1 aliphatic heterocycles. The van der Waals surface area contributed by atoms with E-state index in [1.807, 2.05) is 19.0 Å². The van der Waals surface area contributed by atoms with Crippen LogP contribution >= 0.6 is 0 Å². The highest BCUT2D eigenvalue weighted by Crippen LogP contribution is 2.22. The summed E-state index contributed by atoms with van der Waals surface area (Å²) in [5.41, 5.74) is -0.707. The van der Waals surface area contributed by atoms with Crippen LogP contribution in [0.25, 0.3) is 0 Å². The second-order valence-corrected chi connectivity index (χ2v) is 6.32. The molecule has 1 heterocycles. The molecule has 0 saturated carbocycles. The quantitative estimate of drug-likeness (QED) is 0.579. The van der Waals surface area contributed by atoms with Gasteiger partial charge < -0.3 is 25.3 Å². The van der Waals surface area contributed by atoms with E-state index in [0.717, 1.165) is 0 Å². The molecule has 0 bridgehead atoms. The maximum atomic E-state index is 12.0. The number of likely N-dealkylation sites (tertiary alicyclic amines) is 1. The van der Waals surface area contributed by atoms with E-state index in [2.05, 4.69) is 5.32 Å². The molecule has 1 fully saturated rings. The molecule has 0 aliphatic carbocycles. The summed E-state index contributed by atoms with van der Waals surface area (Å²) in [6, 6.07) is 0. The zero-order chi connectivity index (χ0) is 18.0. The second-order valence-electron chi connectivity index (χ2n) is 6.32. The van der Waals surface area contributed by atoms with Crippen molar-refractivity contribution >= 4 is 18.3 Å². The van der Waals surface area contributed by atoms with Gasteiger partial charge in [0.05, 0.1) is 12.1 Å². The average molecular weight is 331 g/mol. The summed E-state index contributed by atoms with van der Waals surface area (Å²) in [6.07, 6.45) is 1.16. The Bertz CT molecular complexity index is 391. The first-order chi connectivity index (χ1) is 10.6. The Morgan fingerprint density at radius 2 is 1.78 bits per heavy atom. The number of carboxylic acid groups (broad SMARTS) is 1. The normalized spacial score (nSPS) is 16.6. The predicted molar refractivity (Wildman–Crippen MR) is 85.9 cm³/mol. The molecule has 0 spiro atoms. The lowest BCUT2D eigenvalue weighted by atomic mass is 9.91. The van der Waals surface area contributed by atoms with E-state index in [1.54, 1.807) is 18.7 Å². The Labute approximate surface area is 137 Å². The van der Waals surface area contributed by atoms with Crippen molar-refractivity contribution in [1.82, 2.24) is 15.1 Å². The number of carbonyl (C=O) groups excluding carboxylic acids is 2. The van der Waals surface area contributed by atoms with Crippen molar-refractivity contribution in [3.63, 3.8) is 0 Å². The van der Waals surface area contributed by atoms with Gasteiger partial charge in [-0.05, 0) is 26.9 Å². The molecule has 0 atom stereocenters. The van der Waals surface area contributed by atoms with Gasteiger partial charge in [-0.15, -0.1) is 0 Å². The number of aliphatic hydroxyl groups is 1. The second kappa shape index (κ2) is 10.2. The van der Waals surface area contributed by atoms with Crippen LogP contribution in [0.4, 0.5) is 0 Å². The minimum Gasteiger partial charge on any atom is -0.483 e. The number of amides is 2. The number of hydrogen-bond acceptors (Lipinski definition) is 5. The number of carbonyl (C=O) groups is 3. The summed E-state index contributed by atoms with van der Waals surface area (Å²) in [4.78, 5) is 35.4. The third kappa shape index (κ3) is 8.51. The maximum absolute atomic E-state index is 12.0. The van der Waals surface area contributed by atoms with Crippen molar-refractivity contribution < 1.29 is 24.6 Å². The summed E-state index contributed by atoms with van der Waals surface area (Å²) in [7, 11) is 3.86. The van der Waals surface area contributed by atoms with Crippen LogP contribution in [0.3, 0.4) is 0 Å². The van der Waals surface area contributed by atoms with Crippen molar-refractivity contribution in [3.8, 4) is 0 Å². The van der Waals surface area contributed by atoms with Crippen LogP contribution in [-0.4, -0.2) is 84.2 Å². The Kier molecular flexibility index (Phi) is 9.43. The van der Waals surface area contributed by atoms with Gasteiger partial charge in [0.1, 0.15) is 0 Å². The molecule has 23 heavy (non-hydrogen) atoms. The number of hydrogen-bond donors (Lipinski definition) is 3. The number of piperidine rings is 1. The monoisotopic (exact) mass is 331 g/mol. The standard InChI is InChI=1S/C14H27N3O3.CH2O2/c1-11(2)13(19)15-9-12(18)17-7-5-14(20,6-8-17)10-16(3)4;2-1-3/h11,20H,5-10H2,1-4H3,(H,15,19);1H,(H,2,3). The van der Waals surface area contributed by atoms with E-state index in [0.29, 0.717) is 32.5 Å². The van der Waals surface area contributed by atoms with Crippen molar-refractivity contribution in [2.45, 2.75) is 32.3 Å². The zero-order valence-corrected chi connectivity index (χ0v) is 14.4. The highest BCUT2D eigenvalue weighted by molar-refractivity contribution is 5.85. The summed E-state index contributed by atoms with van der Waals surface area (Å²) >= 11 is 0. The molecule has 1 aliphatic rings. The summed E-state index contributed by atoms with van der Waals surface area (Å²) in [6.45, 7) is 5.08. The van der Waals surface area contributed by atoms with Crippen molar-refractivity contribution in [2.24, 2.45) is 5.92 Å². The number of rotatable bonds is 5. The van der Waals surface area contributed by atoms with Gasteiger partial charge in [0.25, 0.3) is 6.47 Å². The van der Waals surface area contributed by atoms with Gasteiger partial charge in [-0.1, -0.05) is 13.8 Å². The van der Waals surface area contributed by atoms with Gasteiger partial charge in [-0.25, -0.2) is 0 Å². The fourth-order valence-corrected chi connectivity index (χ4v) is 2.40. The molecule has 8 heteroatoms. The van der Waals surface area contributed by atoms with Crippen molar-refractivity contribution in [1.29, 1.82) is 0 Å². The maximum Gasteiger partial charge on any atom is 0.290 e. The molecule has 1 saturated heterocycles. The molecule has 0 radical (unpaired) electrons. The molecule has 134 valence electrons. The van der Waals surface area contributed by atoms with Gasteiger partial charge in [-0.3, -0.25) is 14.4 Å². The van der Waals surface area contributed by atoms with E-state index in [4.69, 9.17) is 9.90 Å². The zero-order valence-electron chi connectivity index (χ0n) is 14.4. The fourth-order valence-electron chi connectivity index (χ4n) is 2.40. The van der Waals surface area contributed by atoms with Gasteiger partial charge in [0.2, 0.25) is 11.8 Å². The topological polar surface area (TPSA) is 110 Å². The summed E-state index contributed by atoms with van der Waals surface area (Å²) in [5, 5.41) is 19.9. The predicted octanol–water partition coefficient (Wildman–Crippen LogP) is -0.625. The van der Waals surface area contributed by atoms with Gasteiger partial charge in [0, 0.05) is 25.6 Å². The number of nitrogens with one attached hydrogen (secondary N) is 1. The molecule has 2 amide bonds. The van der Waals surface area contributed by atoms with Crippen molar-refractivity contribution in [3.05, 3.63) is 0 Å². The average Bonchev–Trinajstić information content (AvgIpc) is 2.44. The third-order valence-electron chi connectivity index (χ3n) is 3.60. The van der Waals surface area contributed by atoms with Gasteiger partial charge >= 0.3 is 0 Å². The first-order valence-electron chi connectivity index (χ1n) is 7.65. The van der Waals surface area contributed by atoms with E-state index >= 15 is 0 Å². The number of likely N-dealkylation sites (N-methyl/N-ethyl adjacent to an activating group) is 1. The Morgan fingerprint density at radius 3 is 2.17 bits per heavy atom. The largest absolute Gasteiger partial charge is 0.483 e. The van der Waals surface area contributed by atoms with Crippen LogP contribution in [0.1, 0.15) is 26.7 Å². The molecule has 1 rings (SSSR count). The molecular weight excluding hydrogens is 302 g/mol. The highest BCUT2D eigenvalue weighted by atomic mass is 16.3. The fraction of sp³-hybridized carbons (Fsp3) is 0.800. The highest BCUT2D eigenvalue weighted by Gasteiger charge is 2.34. The van der Waals surface area contributed by atoms with E-state index in [1.165, 1.54) is 0 Å². The van der Waals surface area contributed by atoms with Gasteiger partial charge in [-0.2, -0.15) is 0 Å². The molecule has 0 aromatic heterocycles. The third-order valence-corrected chi connectivity index (χ3v) is 3.60. The van der Waals surface area contributed by atoms with E-state index < -0.39 is 5.60 Å². The minimum absolute atomic E-state index is 0.0448. The van der Waals surface area contributed by atoms with Crippen LogP contribution in [0.15, 0.2) is 0 Å². The van der Waals surface area contributed by atoms with Crippen LogP contribution in [0, 0.1) is 5.92 Å². The molecule has 3 N–H and O–H groups in total. The Morgan fingerprint density at radius 1 is 1.30 bits per heavy atom. The Balaban J connectivity index is 0.00000149. The summed E-state index contributed by atoms with van der Waals surface area (Å²) < 4.78 is 0. The van der Waals surface area contributed by atoms with E-state index in [9.17, 15) is 14.7 Å². The molecule has 0 aromatic carbocycles. The summed E-state index contributed by atoms with van der Waals surface area (Å²) in [5.74, 6) is -0.306. The smallest absolute Gasteiger partial charge is 0.290 e. The lowest BCUT2D eigenvalue weighted by Gasteiger charge is -2.39. The van der Waals surface area contributed by atoms with Crippen LogP contribution < -0.4 is 5.32 Å².